The summed E-state index contributed by atoms with van der Waals surface area (Å²) in [6.45, 7) is -0.133. The van der Waals surface area contributed by atoms with Crippen LogP contribution >= 0.6 is 0 Å². The smallest absolute Gasteiger partial charge is 0.328 e. The van der Waals surface area contributed by atoms with Gasteiger partial charge >= 0.3 is 5.97 Å². The van der Waals surface area contributed by atoms with Crippen LogP contribution in [-0.4, -0.2) is 38.7 Å². The van der Waals surface area contributed by atoms with Crippen LogP contribution in [0, 0.1) is 11.3 Å². The van der Waals surface area contributed by atoms with Crippen LogP contribution in [0.5, 0.6) is 0 Å². The van der Waals surface area contributed by atoms with Crippen molar-refractivity contribution in [1.82, 2.24) is 5.32 Å². The molecule has 6 nitrogen and oxygen atoms in total. The van der Waals surface area contributed by atoms with E-state index in [1.54, 1.807) is 24.3 Å². The summed E-state index contributed by atoms with van der Waals surface area (Å²) in [5.41, 5.74) is 1.26. The molecule has 0 heterocycles. The summed E-state index contributed by atoms with van der Waals surface area (Å²) in [5, 5.41) is 11.4. The molecule has 20 heavy (non-hydrogen) atoms. The molecule has 1 rings (SSSR count). The van der Waals surface area contributed by atoms with Gasteiger partial charge in [0.2, 0.25) is 5.91 Å². The Hall–Kier alpha value is -2.39. The highest BCUT2D eigenvalue weighted by Gasteiger charge is 2.21. The minimum absolute atomic E-state index is 0.133. The largest absolute Gasteiger partial charge is 0.467 e. The van der Waals surface area contributed by atoms with Crippen LogP contribution in [0.1, 0.15) is 11.1 Å². The first-order valence-corrected chi connectivity index (χ1v) is 5.96. The monoisotopic (exact) mass is 276 g/mol. The average molecular weight is 276 g/mol. The number of carbonyl (C=O) groups is 2. The molecule has 106 valence electrons. The van der Waals surface area contributed by atoms with Gasteiger partial charge < -0.3 is 14.8 Å². The number of methoxy groups -OCH3 is 2. The molecule has 1 aromatic rings. The summed E-state index contributed by atoms with van der Waals surface area (Å²) < 4.78 is 9.36. The molecule has 0 aliphatic carbocycles. The SMILES string of the molecule is COCC(=O)N[C@H](Cc1cccc(C#N)c1)C(=O)OC. The molecule has 0 spiro atoms. The minimum Gasteiger partial charge on any atom is -0.467 e. The molecule has 0 aliphatic rings. The first kappa shape index (κ1) is 15.7. The first-order valence-electron chi connectivity index (χ1n) is 5.96. The molecular weight excluding hydrogens is 260 g/mol. The van der Waals surface area contributed by atoms with E-state index in [1.807, 2.05) is 6.07 Å². The Kier molecular flexibility index (Phi) is 6.20. The Morgan fingerprint density at radius 1 is 1.40 bits per heavy atom. The third-order valence-electron chi connectivity index (χ3n) is 2.59. The third-order valence-corrected chi connectivity index (χ3v) is 2.59. The van der Waals surface area contributed by atoms with Crippen LogP contribution in [0.3, 0.4) is 0 Å². The van der Waals surface area contributed by atoms with Gasteiger partial charge in [0.15, 0.2) is 0 Å². The standard InChI is InChI=1S/C14H16N2O4/c1-19-9-13(17)16-12(14(18)20-2)7-10-4-3-5-11(6-10)8-15/h3-6,12H,7,9H2,1-2H3,(H,16,17)/t12-/m1/s1. The fraction of sp³-hybridized carbons (Fsp3) is 0.357. The lowest BCUT2D eigenvalue weighted by Gasteiger charge is -2.16. The second-order valence-electron chi connectivity index (χ2n) is 4.09. The van der Waals surface area contributed by atoms with E-state index in [0.29, 0.717) is 5.56 Å². The summed E-state index contributed by atoms with van der Waals surface area (Å²) in [6, 6.07) is 8.04. The average Bonchev–Trinajstić information content (AvgIpc) is 2.46. The molecule has 0 aromatic heterocycles. The second-order valence-corrected chi connectivity index (χ2v) is 4.09. The molecular formula is C14H16N2O4. The van der Waals surface area contributed by atoms with Gasteiger partial charge in [0.05, 0.1) is 18.7 Å². The second kappa shape index (κ2) is 7.92. The number of nitrogens with zero attached hydrogens (tertiary/aromatic N) is 1. The van der Waals surface area contributed by atoms with Crippen LogP contribution in [0.25, 0.3) is 0 Å². The third kappa shape index (κ3) is 4.71. The topological polar surface area (TPSA) is 88.4 Å². The number of ether oxygens (including phenoxy) is 2. The lowest BCUT2D eigenvalue weighted by molar-refractivity contribution is -0.145. The van der Waals surface area contributed by atoms with Crippen LogP contribution in [0.2, 0.25) is 0 Å². The van der Waals surface area contributed by atoms with Gasteiger partial charge in [-0.05, 0) is 17.7 Å². The van der Waals surface area contributed by atoms with Crippen LogP contribution in [0.15, 0.2) is 24.3 Å². The zero-order valence-corrected chi connectivity index (χ0v) is 11.4. The van der Waals surface area contributed by atoms with Gasteiger partial charge in [-0.25, -0.2) is 4.79 Å². The van der Waals surface area contributed by atoms with Crippen molar-refractivity contribution in [3.05, 3.63) is 35.4 Å². The molecule has 0 radical (unpaired) electrons. The number of nitriles is 1. The number of benzene rings is 1. The zero-order valence-electron chi connectivity index (χ0n) is 11.4. The van der Waals surface area contributed by atoms with Crippen molar-refractivity contribution in [2.75, 3.05) is 20.8 Å². The lowest BCUT2D eigenvalue weighted by atomic mass is 10.0. The van der Waals surface area contributed by atoms with Crippen LogP contribution in [-0.2, 0) is 25.5 Å². The fourth-order valence-electron chi connectivity index (χ4n) is 1.71. The number of nitrogens with one attached hydrogen (secondary N) is 1. The molecule has 1 N–H and O–H groups in total. The number of esters is 1. The summed E-state index contributed by atoms with van der Waals surface area (Å²) in [4.78, 5) is 23.2. The normalized spacial score (nSPS) is 11.2. The van der Waals surface area contributed by atoms with E-state index < -0.39 is 17.9 Å². The predicted molar refractivity (Wildman–Crippen MR) is 70.7 cm³/mol. The molecule has 1 aromatic carbocycles. The summed E-state index contributed by atoms with van der Waals surface area (Å²) >= 11 is 0. The highest BCUT2D eigenvalue weighted by molar-refractivity contribution is 5.85. The van der Waals surface area contributed by atoms with E-state index in [1.165, 1.54) is 14.2 Å². The van der Waals surface area contributed by atoms with E-state index in [0.717, 1.165) is 5.56 Å². The van der Waals surface area contributed by atoms with Gasteiger partial charge in [0, 0.05) is 13.5 Å². The van der Waals surface area contributed by atoms with Crippen molar-refractivity contribution in [2.45, 2.75) is 12.5 Å². The Balaban J connectivity index is 2.81. The maximum absolute atomic E-state index is 11.7. The lowest BCUT2D eigenvalue weighted by Crippen LogP contribution is -2.44. The molecule has 0 fully saturated rings. The molecule has 1 amide bonds. The van der Waals surface area contributed by atoms with Crippen molar-refractivity contribution in [1.29, 1.82) is 5.26 Å². The number of hydrogen-bond acceptors (Lipinski definition) is 5. The molecule has 0 saturated carbocycles. The molecule has 0 bridgehead atoms. The van der Waals surface area contributed by atoms with Gasteiger partial charge in [-0.2, -0.15) is 5.26 Å². The van der Waals surface area contributed by atoms with Gasteiger partial charge in [-0.1, -0.05) is 12.1 Å². The van der Waals surface area contributed by atoms with Crippen molar-refractivity contribution < 1.29 is 19.1 Å². The van der Waals surface area contributed by atoms with Crippen molar-refractivity contribution >= 4 is 11.9 Å². The maximum Gasteiger partial charge on any atom is 0.328 e. The maximum atomic E-state index is 11.7. The quantitative estimate of drug-likeness (QED) is 0.760. The van der Waals surface area contributed by atoms with Crippen LogP contribution < -0.4 is 5.32 Å². The van der Waals surface area contributed by atoms with Crippen LogP contribution in [0.4, 0.5) is 0 Å². The molecule has 6 heteroatoms. The predicted octanol–water partition coefficient (Wildman–Crippen LogP) is 0.405. The van der Waals surface area contributed by atoms with Crippen molar-refractivity contribution in [3.63, 3.8) is 0 Å². The Morgan fingerprint density at radius 3 is 2.75 bits per heavy atom. The van der Waals surface area contributed by atoms with Gasteiger partial charge in [0.1, 0.15) is 12.6 Å². The molecule has 0 unspecified atom stereocenters. The summed E-state index contributed by atoms with van der Waals surface area (Å²) in [6.07, 6.45) is 0.248. The highest BCUT2D eigenvalue weighted by Crippen LogP contribution is 2.08. The Labute approximate surface area is 117 Å². The fourth-order valence-corrected chi connectivity index (χ4v) is 1.71. The zero-order chi connectivity index (χ0) is 15.0. The molecule has 1 atom stereocenters. The minimum atomic E-state index is -0.809. The van der Waals surface area contributed by atoms with Gasteiger partial charge in [-0.15, -0.1) is 0 Å². The Morgan fingerprint density at radius 2 is 2.15 bits per heavy atom. The van der Waals surface area contributed by atoms with Gasteiger partial charge in [0.25, 0.3) is 0 Å². The van der Waals surface area contributed by atoms with E-state index in [2.05, 4.69) is 10.1 Å². The number of carbonyl (C=O) groups excluding carboxylic acids is 2. The molecule has 0 saturated heterocycles. The van der Waals surface area contributed by atoms with E-state index in [-0.39, 0.29) is 13.0 Å². The number of hydrogen-bond donors (Lipinski definition) is 1. The van der Waals surface area contributed by atoms with Crippen molar-refractivity contribution in [2.24, 2.45) is 0 Å². The van der Waals surface area contributed by atoms with E-state index in [4.69, 9.17) is 10.00 Å². The first-order chi connectivity index (χ1) is 9.60. The van der Waals surface area contributed by atoms with Crippen molar-refractivity contribution in [3.8, 4) is 6.07 Å². The highest BCUT2D eigenvalue weighted by atomic mass is 16.5. The van der Waals surface area contributed by atoms with Gasteiger partial charge in [-0.3, -0.25) is 4.79 Å². The summed E-state index contributed by atoms with van der Waals surface area (Å²) in [7, 11) is 2.65. The number of amides is 1. The van der Waals surface area contributed by atoms with E-state index in [9.17, 15) is 9.59 Å². The molecule has 0 aliphatic heterocycles. The number of rotatable bonds is 6. The van der Waals surface area contributed by atoms with E-state index >= 15 is 0 Å². The summed E-state index contributed by atoms with van der Waals surface area (Å²) in [5.74, 6) is -0.948. The Bertz CT molecular complexity index is 522.